The largest absolute Gasteiger partial charge is 1.00 e. The third kappa shape index (κ3) is 11.9. The molecule has 3 heteroatoms. The second-order valence-electron chi connectivity index (χ2n) is 3.25. The van der Waals surface area contributed by atoms with Crippen LogP contribution in [-0.2, 0) is 0 Å². The molecule has 0 amide bonds. The summed E-state index contributed by atoms with van der Waals surface area (Å²) in [6.45, 7) is 3.05. The first-order valence-corrected chi connectivity index (χ1v) is 3.30. The van der Waals surface area contributed by atoms with Crippen LogP contribution in [0.4, 0.5) is 0 Å². The number of alkyl halides is 1. The molecule has 1 unspecified atom stereocenters. The highest BCUT2D eigenvalue weighted by molar-refractivity contribution is 6.20. The summed E-state index contributed by atoms with van der Waals surface area (Å²) in [5.41, 5.74) is 0. The van der Waals surface area contributed by atoms with E-state index in [4.69, 9.17) is 11.6 Å². The van der Waals surface area contributed by atoms with Gasteiger partial charge in [-0.25, -0.2) is 0 Å². The van der Waals surface area contributed by atoms with E-state index in [1.165, 1.54) is 0 Å². The van der Waals surface area contributed by atoms with E-state index < -0.39 is 0 Å². The van der Waals surface area contributed by atoms with Gasteiger partial charge in [-0.1, -0.05) is 0 Å². The predicted octanol–water partition coefficient (Wildman–Crippen LogP) is -1.68. The molecule has 0 radical (unpaired) electrons. The van der Waals surface area contributed by atoms with E-state index in [0.717, 1.165) is 11.0 Å². The normalized spacial score (nSPS) is 14.3. The lowest BCUT2D eigenvalue weighted by Gasteiger charge is -2.24. The van der Waals surface area contributed by atoms with Crippen molar-refractivity contribution in [2.75, 3.05) is 27.7 Å². The van der Waals surface area contributed by atoms with Gasteiger partial charge < -0.3 is 16.9 Å². The Labute approximate surface area is 69.0 Å². The van der Waals surface area contributed by atoms with E-state index in [0.29, 0.717) is 0 Å². The molecule has 0 saturated heterocycles. The zero-order chi connectivity index (χ0) is 6.78. The standard InChI is InChI=1S/C6H15ClN.ClH/c1-6(7)5-8(2,3)4;/h6H,5H2,1-4H3;1H/q+1;/p-1. The van der Waals surface area contributed by atoms with Crippen molar-refractivity contribution in [3.8, 4) is 0 Å². The molecule has 0 heterocycles. The minimum Gasteiger partial charge on any atom is -1.00 e. The monoisotopic (exact) mass is 171 g/mol. The minimum absolute atomic E-state index is 0. The number of quaternary nitrogens is 1. The van der Waals surface area contributed by atoms with Crippen LogP contribution in [0.25, 0.3) is 0 Å². The van der Waals surface area contributed by atoms with Gasteiger partial charge in [0.2, 0.25) is 0 Å². The Morgan fingerprint density at radius 2 is 1.67 bits per heavy atom. The van der Waals surface area contributed by atoms with Gasteiger partial charge in [-0.05, 0) is 6.92 Å². The van der Waals surface area contributed by atoms with Crippen molar-refractivity contribution in [3.05, 3.63) is 0 Å². The molecule has 0 fully saturated rings. The van der Waals surface area contributed by atoms with Gasteiger partial charge in [-0.2, -0.15) is 0 Å². The van der Waals surface area contributed by atoms with Crippen LogP contribution in [0.1, 0.15) is 6.92 Å². The van der Waals surface area contributed by atoms with Crippen molar-refractivity contribution in [2.24, 2.45) is 0 Å². The Morgan fingerprint density at radius 1 is 1.33 bits per heavy atom. The average molecular weight is 172 g/mol. The number of halogens is 2. The van der Waals surface area contributed by atoms with Gasteiger partial charge in [-0.15, -0.1) is 11.6 Å². The Hall–Kier alpha value is 0.540. The number of rotatable bonds is 2. The second-order valence-corrected chi connectivity index (χ2v) is 4.00. The van der Waals surface area contributed by atoms with Crippen LogP contribution < -0.4 is 12.4 Å². The Kier molecular flexibility index (Phi) is 5.94. The van der Waals surface area contributed by atoms with Crippen molar-refractivity contribution < 1.29 is 16.9 Å². The molecule has 0 aromatic carbocycles. The molecule has 0 aliphatic rings. The number of nitrogens with zero attached hydrogens (tertiary/aromatic N) is 1. The first-order chi connectivity index (χ1) is 3.42. The van der Waals surface area contributed by atoms with Crippen molar-refractivity contribution in [3.63, 3.8) is 0 Å². The van der Waals surface area contributed by atoms with Crippen LogP contribution in [0.5, 0.6) is 0 Å². The molecule has 58 valence electrons. The highest BCUT2D eigenvalue weighted by Gasteiger charge is 2.09. The lowest BCUT2D eigenvalue weighted by molar-refractivity contribution is -0.869. The number of hydrogen-bond donors (Lipinski definition) is 0. The molecule has 0 spiro atoms. The fraction of sp³-hybridized carbons (Fsp3) is 1.00. The molecule has 0 saturated carbocycles. The van der Waals surface area contributed by atoms with E-state index in [-0.39, 0.29) is 17.8 Å². The molecule has 0 aromatic rings. The maximum absolute atomic E-state index is 5.75. The Morgan fingerprint density at radius 3 is 1.67 bits per heavy atom. The van der Waals surface area contributed by atoms with Gasteiger partial charge in [0.15, 0.2) is 0 Å². The summed E-state index contributed by atoms with van der Waals surface area (Å²) in [6, 6.07) is 0. The molecule has 0 aromatic heterocycles. The summed E-state index contributed by atoms with van der Waals surface area (Å²) in [4.78, 5) is 0. The molecule has 0 rings (SSSR count). The minimum atomic E-state index is 0. The smallest absolute Gasteiger partial charge is 0.0944 e. The summed E-state index contributed by atoms with van der Waals surface area (Å²) in [5, 5.41) is 0.287. The maximum atomic E-state index is 5.75. The molecular formula is C6H15Cl2N. The first kappa shape index (κ1) is 12.2. The van der Waals surface area contributed by atoms with E-state index in [1.54, 1.807) is 0 Å². The topological polar surface area (TPSA) is 0 Å². The van der Waals surface area contributed by atoms with Crippen LogP contribution in [0, 0.1) is 0 Å². The van der Waals surface area contributed by atoms with Gasteiger partial charge in [0.25, 0.3) is 0 Å². The molecule has 1 atom stereocenters. The van der Waals surface area contributed by atoms with E-state index in [9.17, 15) is 0 Å². The highest BCUT2D eigenvalue weighted by atomic mass is 35.5. The van der Waals surface area contributed by atoms with Gasteiger partial charge in [-0.3, -0.25) is 0 Å². The maximum Gasteiger partial charge on any atom is 0.0944 e. The van der Waals surface area contributed by atoms with Crippen LogP contribution in [0.15, 0.2) is 0 Å². The number of hydrogen-bond acceptors (Lipinski definition) is 0. The van der Waals surface area contributed by atoms with Crippen LogP contribution >= 0.6 is 11.6 Å². The van der Waals surface area contributed by atoms with E-state index in [1.807, 2.05) is 6.92 Å². The summed E-state index contributed by atoms with van der Waals surface area (Å²) in [5.74, 6) is 0. The summed E-state index contributed by atoms with van der Waals surface area (Å²) >= 11 is 5.75. The first-order valence-electron chi connectivity index (χ1n) is 2.86. The van der Waals surface area contributed by atoms with Crippen molar-refractivity contribution in [1.29, 1.82) is 0 Å². The predicted molar refractivity (Wildman–Crippen MR) is 38.2 cm³/mol. The van der Waals surface area contributed by atoms with Gasteiger partial charge in [0.05, 0.1) is 33.1 Å². The Bertz CT molecular complexity index is 65.9. The van der Waals surface area contributed by atoms with Gasteiger partial charge >= 0.3 is 0 Å². The molecule has 0 N–H and O–H groups in total. The van der Waals surface area contributed by atoms with Gasteiger partial charge in [0, 0.05) is 0 Å². The fourth-order valence-corrected chi connectivity index (χ4v) is 1.17. The molecule has 1 nitrogen and oxygen atoms in total. The molecule has 0 aliphatic carbocycles. The molecule has 0 bridgehead atoms. The quantitative estimate of drug-likeness (QED) is 0.345. The molecule has 0 aliphatic heterocycles. The average Bonchev–Trinajstić information content (AvgIpc) is 1.21. The van der Waals surface area contributed by atoms with E-state index >= 15 is 0 Å². The van der Waals surface area contributed by atoms with Crippen LogP contribution in [0.2, 0.25) is 0 Å². The lowest BCUT2D eigenvalue weighted by Crippen LogP contribution is -3.00. The van der Waals surface area contributed by atoms with Crippen molar-refractivity contribution in [1.82, 2.24) is 0 Å². The lowest BCUT2D eigenvalue weighted by atomic mass is 10.4. The summed E-state index contributed by atoms with van der Waals surface area (Å²) in [7, 11) is 6.41. The highest BCUT2D eigenvalue weighted by Crippen LogP contribution is 1.99. The Balaban J connectivity index is 0. The summed E-state index contributed by atoms with van der Waals surface area (Å²) < 4.78 is 0.949. The van der Waals surface area contributed by atoms with Crippen LogP contribution in [0.3, 0.4) is 0 Å². The second kappa shape index (κ2) is 4.37. The van der Waals surface area contributed by atoms with Crippen molar-refractivity contribution in [2.45, 2.75) is 12.3 Å². The molecular weight excluding hydrogens is 157 g/mol. The van der Waals surface area contributed by atoms with Crippen molar-refractivity contribution >= 4 is 11.6 Å². The zero-order valence-corrected chi connectivity index (χ0v) is 8.00. The van der Waals surface area contributed by atoms with E-state index in [2.05, 4.69) is 21.1 Å². The third-order valence-electron chi connectivity index (χ3n) is 0.799. The van der Waals surface area contributed by atoms with Crippen LogP contribution in [-0.4, -0.2) is 37.5 Å². The molecule has 9 heavy (non-hydrogen) atoms. The SMILES string of the molecule is CC(Cl)C[N+](C)(C)C.[Cl-]. The fourth-order valence-electron chi connectivity index (χ4n) is 0.755. The van der Waals surface area contributed by atoms with Gasteiger partial charge in [0.1, 0.15) is 0 Å². The zero-order valence-electron chi connectivity index (χ0n) is 6.49. The third-order valence-corrected chi connectivity index (χ3v) is 0.937. The summed E-state index contributed by atoms with van der Waals surface area (Å²) in [6.07, 6.45) is 0.